The van der Waals surface area contributed by atoms with Crippen LogP contribution in [0.1, 0.15) is 24.5 Å². The van der Waals surface area contributed by atoms with E-state index in [0.29, 0.717) is 0 Å². The summed E-state index contributed by atoms with van der Waals surface area (Å²) in [6, 6.07) is 6.44. The fourth-order valence-corrected chi connectivity index (χ4v) is 1.79. The normalized spacial score (nSPS) is 10.8. The summed E-state index contributed by atoms with van der Waals surface area (Å²) in [5.74, 6) is 1.05. The molecule has 1 aromatic carbocycles. The van der Waals surface area contributed by atoms with Gasteiger partial charge in [-0.3, -0.25) is 0 Å². The summed E-state index contributed by atoms with van der Waals surface area (Å²) in [6.07, 6.45) is 2.27. The van der Waals surface area contributed by atoms with Gasteiger partial charge in [0, 0.05) is 0 Å². The van der Waals surface area contributed by atoms with Crippen molar-refractivity contribution in [1.29, 1.82) is 0 Å². The lowest BCUT2D eigenvalue weighted by Crippen LogP contribution is -2.13. The van der Waals surface area contributed by atoms with Gasteiger partial charge in [0.15, 0.2) is 0 Å². The highest BCUT2D eigenvalue weighted by Gasteiger charge is 2.03. The zero-order chi connectivity index (χ0) is 12.0. The third kappa shape index (κ3) is 4.23. The molecule has 2 heteroatoms. The first kappa shape index (κ1) is 13.0. The number of nitrogens with zero attached hydrogens (tertiary/aromatic N) is 1. The van der Waals surface area contributed by atoms with Crippen LogP contribution in [0, 0.1) is 6.92 Å². The Bertz CT molecular complexity index is 321. The van der Waals surface area contributed by atoms with Crippen molar-refractivity contribution >= 4 is 0 Å². The van der Waals surface area contributed by atoms with Crippen molar-refractivity contribution in [2.75, 3.05) is 27.2 Å². The van der Waals surface area contributed by atoms with Crippen LogP contribution >= 0.6 is 0 Å². The Labute approximate surface area is 99.2 Å². The predicted octanol–water partition coefficient (Wildman–Crippen LogP) is 2.89. The Kier molecular flexibility index (Phi) is 5.33. The van der Waals surface area contributed by atoms with Crippen molar-refractivity contribution in [2.24, 2.45) is 0 Å². The highest BCUT2D eigenvalue weighted by atomic mass is 16.5. The molecule has 0 aliphatic carbocycles. The molecule has 0 atom stereocenters. The first-order valence-corrected chi connectivity index (χ1v) is 6.00. The molecule has 0 N–H and O–H groups in total. The molecule has 16 heavy (non-hydrogen) atoms. The van der Waals surface area contributed by atoms with Gasteiger partial charge in [-0.2, -0.15) is 0 Å². The lowest BCUT2D eigenvalue weighted by molar-refractivity contribution is 0.334. The molecule has 0 radical (unpaired) electrons. The molecule has 0 bridgehead atoms. The van der Waals surface area contributed by atoms with Crippen LogP contribution in [-0.4, -0.2) is 32.1 Å². The minimum absolute atomic E-state index is 0.740. The SMILES string of the molecule is CCOc1ccc(C)cc1CCCN(C)C. The van der Waals surface area contributed by atoms with Gasteiger partial charge >= 0.3 is 0 Å². The van der Waals surface area contributed by atoms with E-state index < -0.39 is 0 Å². The molecule has 1 aromatic rings. The second-order valence-corrected chi connectivity index (χ2v) is 4.45. The average Bonchev–Trinajstić information content (AvgIpc) is 2.21. The molecule has 2 nitrogen and oxygen atoms in total. The van der Waals surface area contributed by atoms with Gasteiger partial charge < -0.3 is 9.64 Å². The number of aryl methyl sites for hydroxylation is 2. The van der Waals surface area contributed by atoms with Crippen molar-refractivity contribution in [2.45, 2.75) is 26.7 Å². The van der Waals surface area contributed by atoms with Crippen LogP contribution in [0.25, 0.3) is 0 Å². The van der Waals surface area contributed by atoms with Crippen molar-refractivity contribution in [3.8, 4) is 5.75 Å². The monoisotopic (exact) mass is 221 g/mol. The molecule has 1 rings (SSSR count). The fourth-order valence-electron chi connectivity index (χ4n) is 1.79. The number of hydrogen-bond acceptors (Lipinski definition) is 2. The maximum atomic E-state index is 5.64. The average molecular weight is 221 g/mol. The van der Waals surface area contributed by atoms with Gasteiger partial charge in [-0.1, -0.05) is 17.7 Å². The smallest absolute Gasteiger partial charge is 0.122 e. The number of rotatable bonds is 6. The minimum atomic E-state index is 0.740. The van der Waals surface area contributed by atoms with Gasteiger partial charge in [0.05, 0.1) is 6.61 Å². The first-order valence-electron chi connectivity index (χ1n) is 6.00. The molecule has 0 saturated heterocycles. The Morgan fingerprint density at radius 3 is 2.62 bits per heavy atom. The summed E-state index contributed by atoms with van der Waals surface area (Å²) in [7, 11) is 4.22. The maximum Gasteiger partial charge on any atom is 0.122 e. The van der Waals surface area contributed by atoms with Crippen LogP contribution in [0.4, 0.5) is 0 Å². The molecule has 0 aliphatic heterocycles. The molecule has 0 unspecified atom stereocenters. The molecular formula is C14H23NO. The van der Waals surface area contributed by atoms with Crippen LogP contribution in [0.5, 0.6) is 5.75 Å². The van der Waals surface area contributed by atoms with Gasteiger partial charge in [-0.05, 0) is 59.0 Å². The number of ether oxygens (including phenoxy) is 1. The highest BCUT2D eigenvalue weighted by Crippen LogP contribution is 2.21. The van der Waals surface area contributed by atoms with Gasteiger partial charge in [-0.25, -0.2) is 0 Å². The third-order valence-corrected chi connectivity index (χ3v) is 2.57. The van der Waals surface area contributed by atoms with Crippen molar-refractivity contribution in [1.82, 2.24) is 4.90 Å². The van der Waals surface area contributed by atoms with Crippen molar-refractivity contribution < 1.29 is 4.74 Å². The molecule has 0 heterocycles. The Balaban J connectivity index is 2.64. The number of hydrogen-bond donors (Lipinski definition) is 0. The van der Waals surface area contributed by atoms with Gasteiger partial charge in [-0.15, -0.1) is 0 Å². The van der Waals surface area contributed by atoms with E-state index in [0.717, 1.165) is 25.3 Å². The summed E-state index contributed by atoms with van der Waals surface area (Å²) in [5, 5.41) is 0. The first-order chi connectivity index (χ1) is 7.63. The number of benzene rings is 1. The standard InChI is InChI=1S/C14H23NO/c1-5-16-14-9-8-12(2)11-13(14)7-6-10-15(3)4/h8-9,11H,5-7,10H2,1-4H3. The fraction of sp³-hybridized carbons (Fsp3) is 0.571. The van der Waals surface area contributed by atoms with Crippen LogP contribution in [0.15, 0.2) is 18.2 Å². The summed E-state index contributed by atoms with van der Waals surface area (Å²) in [6.45, 7) is 6.03. The van der Waals surface area contributed by atoms with E-state index >= 15 is 0 Å². The molecule has 0 amide bonds. The second kappa shape index (κ2) is 6.54. The molecular weight excluding hydrogens is 198 g/mol. The van der Waals surface area contributed by atoms with E-state index in [4.69, 9.17) is 4.74 Å². The molecule has 0 saturated carbocycles. The molecule has 0 aromatic heterocycles. The Morgan fingerprint density at radius 2 is 2.00 bits per heavy atom. The van der Waals surface area contributed by atoms with E-state index in [9.17, 15) is 0 Å². The van der Waals surface area contributed by atoms with E-state index in [-0.39, 0.29) is 0 Å². The minimum Gasteiger partial charge on any atom is -0.494 e. The maximum absolute atomic E-state index is 5.64. The Morgan fingerprint density at radius 1 is 1.25 bits per heavy atom. The van der Waals surface area contributed by atoms with Gasteiger partial charge in [0.25, 0.3) is 0 Å². The Hall–Kier alpha value is -1.02. The molecule has 0 aliphatic rings. The zero-order valence-electron chi connectivity index (χ0n) is 10.9. The molecule has 0 spiro atoms. The molecule has 90 valence electrons. The summed E-state index contributed by atoms with van der Waals surface area (Å²) >= 11 is 0. The summed E-state index contributed by atoms with van der Waals surface area (Å²) in [4.78, 5) is 2.22. The van der Waals surface area contributed by atoms with Gasteiger partial charge in [0.2, 0.25) is 0 Å². The summed E-state index contributed by atoms with van der Waals surface area (Å²) < 4.78 is 5.64. The topological polar surface area (TPSA) is 12.5 Å². The van der Waals surface area contributed by atoms with Crippen LogP contribution in [0.3, 0.4) is 0 Å². The van der Waals surface area contributed by atoms with E-state index in [1.807, 2.05) is 6.92 Å². The zero-order valence-corrected chi connectivity index (χ0v) is 10.9. The highest BCUT2D eigenvalue weighted by molar-refractivity contribution is 5.37. The van der Waals surface area contributed by atoms with Crippen LogP contribution < -0.4 is 4.74 Å². The quantitative estimate of drug-likeness (QED) is 0.732. The second-order valence-electron chi connectivity index (χ2n) is 4.45. The van der Waals surface area contributed by atoms with Gasteiger partial charge in [0.1, 0.15) is 5.75 Å². The van der Waals surface area contributed by atoms with Crippen molar-refractivity contribution in [3.05, 3.63) is 29.3 Å². The summed E-state index contributed by atoms with van der Waals surface area (Å²) in [5.41, 5.74) is 2.65. The lowest BCUT2D eigenvalue weighted by Gasteiger charge is -2.13. The largest absolute Gasteiger partial charge is 0.494 e. The lowest BCUT2D eigenvalue weighted by atomic mass is 10.1. The van der Waals surface area contributed by atoms with Crippen LogP contribution in [0.2, 0.25) is 0 Å². The van der Waals surface area contributed by atoms with Crippen molar-refractivity contribution in [3.63, 3.8) is 0 Å². The van der Waals surface area contributed by atoms with E-state index in [2.05, 4.69) is 44.1 Å². The van der Waals surface area contributed by atoms with Crippen LogP contribution in [-0.2, 0) is 6.42 Å². The van der Waals surface area contributed by atoms with E-state index in [1.165, 1.54) is 17.5 Å². The third-order valence-electron chi connectivity index (χ3n) is 2.57. The molecule has 0 fully saturated rings. The van der Waals surface area contributed by atoms with E-state index in [1.54, 1.807) is 0 Å². The predicted molar refractivity (Wildman–Crippen MR) is 69.2 cm³/mol.